The van der Waals surface area contributed by atoms with Crippen molar-refractivity contribution in [2.24, 2.45) is 11.1 Å². The van der Waals surface area contributed by atoms with Crippen molar-refractivity contribution in [2.45, 2.75) is 45.7 Å². The van der Waals surface area contributed by atoms with E-state index in [1.54, 1.807) is 0 Å². The Kier molecular flexibility index (Phi) is 5.96. The van der Waals surface area contributed by atoms with Crippen LogP contribution >= 0.6 is 0 Å². The van der Waals surface area contributed by atoms with Gasteiger partial charge in [0.15, 0.2) is 0 Å². The number of ketones is 1. The van der Waals surface area contributed by atoms with Crippen LogP contribution in [0.2, 0.25) is 0 Å². The number of benzene rings is 1. The van der Waals surface area contributed by atoms with Gasteiger partial charge in [-0.2, -0.15) is 13.2 Å². The molecule has 0 atom stereocenters. The van der Waals surface area contributed by atoms with E-state index in [1.807, 2.05) is 0 Å². The number of halogens is 3. The maximum Gasteiger partial charge on any atom is 0.416 e. The van der Waals surface area contributed by atoms with Gasteiger partial charge < -0.3 is 5.73 Å². The molecule has 0 heterocycles. The highest BCUT2D eigenvalue weighted by atomic mass is 19.4. The Morgan fingerprint density at radius 1 is 1.10 bits per heavy atom. The van der Waals surface area contributed by atoms with Gasteiger partial charge in [0.25, 0.3) is 0 Å². The molecule has 118 valence electrons. The molecule has 0 saturated heterocycles. The molecule has 21 heavy (non-hydrogen) atoms. The summed E-state index contributed by atoms with van der Waals surface area (Å²) in [4.78, 5) is 11.9. The van der Waals surface area contributed by atoms with Gasteiger partial charge in [-0.15, -0.1) is 0 Å². The van der Waals surface area contributed by atoms with E-state index in [0.29, 0.717) is 18.5 Å². The summed E-state index contributed by atoms with van der Waals surface area (Å²) in [7, 11) is 0. The first kappa shape index (κ1) is 17.7. The Hall–Kier alpha value is -1.36. The summed E-state index contributed by atoms with van der Waals surface area (Å²) in [5.74, 6) is 0.0415. The van der Waals surface area contributed by atoms with E-state index in [0.717, 1.165) is 25.0 Å². The van der Waals surface area contributed by atoms with Crippen molar-refractivity contribution in [3.63, 3.8) is 0 Å². The zero-order valence-electron chi connectivity index (χ0n) is 12.5. The average Bonchev–Trinajstić information content (AvgIpc) is 2.36. The lowest BCUT2D eigenvalue weighted by Gasteiger charge is -2.23. The van der Waals surface area contributed by atoms with E-state index in [4.69, 9.17) is 5.73 Å². The van der Waals surface area contributed by atoms with Crippen molar-refractivity contribution < 1.29 is 18.0 Å². The molecule has 0 bridgehead atoms. The van der Waals surface area contributed by atoms with Gasteiger partial charge in [-0.05, 0) is 42.5 Å². The van der Waals surface area contributed by atoms with E-state index in [1.165, 1.54) is 12.1 Å². The van der Waals surface area contributed by atoms with Crippen LogP contribution in [0.4, 0.5) is 13.2 Å². The highest BCUT2D eigenvalue weighted by molar-refractivity contribution is 5.80. The fraction of sp³-hybridized carbons (Fsp3) is 0.562. The SMILES string of the molecule is CC(C)(CCN)CCC(=O)Cc1ccc(C(F)(F)F)cc1. The lowest BCUT2D eigenvalue weighted by Crippen LogP contribution is -2.18. The standard InChI is InChI=1S/C16H22F3NO/c1-15(2,9-10-20)8-7-14(21)11-12-3-5-13(6-4-12)16(17,18)19/h3-6H,7-11,20H2,1-2H3. The van der Waals surface area contributed by atoms with Crippen molar-refractivity contribution in [1.29, 1.82) is 0 Å². The van der Waals surface area contributed by atoms with Crippen molar-refractivity contribution in [3.05, 3.63) is 35.4 Å². The van der Waals surface area contributed by atoms with E-state index >= 15 is 0 Å². The minimum absolute atomic E-state index is 0.0184. The van der Waals surface area contributed by atoms with Crippen LogP contribution in [0.25, 0.3) is 0 Å². The maximum absolute atomic E-state index is 12.4. The second-order valence-electron chi connectivity index (χ2n) is 6.11. The molecule has 0 unspecified atom stereocenters. The Bertz CT molecular complexity index is 463. The Morgan fingerprint density at radius 3 is 2.14 bits per heavy atom. The molecule has 0 fully saturated rings. The average molecular weight is 301 g/mol. The van der Waals surface area contributed by atoms with Gasteiger partial charge in [-0.25, -0.2) is 0 Å². The van der Waals surface area contributed by atoms with Crippen LogP contribution in [0.15, 0.2) is 24.3 Å². The zero-order valence-corrected chi connectivity index (χ0v) is 12.5. The van der Waals surface area contributed by atoms with E-state index in [9.17, 15) is 18.0 Å². The van der Waals surface area contributed by atoms with Gasteiger partial charge in [0.1, 0.15) is 5.78 Å². The highest BCUT2D eigenvalue weighted by Crippen LogP contribution is 2.29. The van der Waals surface area contributed by atoms with E-state index in [2.05, 4.69) is 13.8 Å². The number of hydrogen-bond donors (Lipinski definition) is 1. The number of alkyl halides is 3. The minimum Gasteiger partial charge on any atom is -0.330 e. The van der Waals surface area contributed by atoms with Crippen molar-refractivity contribution in [2.75, 3.05) is 6.54 Å². The monoisotopic (exact) mass is 301 g/mol. The predicted octanol–water partition coefficient (Wildman–Crippen LogP) is 3.97. The molecule has 0 saturated carbocycles. The van der Waals surface area contributed by atoms with Crippen LogP contribution in [-0.4, -0.2) is 12.3 Å². The second-order valence-corrected chi connectivity index (χ2v) is 6.11. The molecular formula is C16H22F3NO. The van der Waals surface area contributed by atoms with Gasteiger partial charge in [0, 0.05) is 12.8 Å². The van der Waals surface area contributed by atoms with Crippen LogP contribution in [0.1, 0.15) is 44.2 Å². The van der Waals surface area contributed by atoms with Gasteiger partial charge in [-0.1, -0.05) is 26.0 Å². The first-order valence-electron chi connectivity index (χ1n) is 7.02. The summed E-state index contributed by atoms with van der Waals surface area (Å²) in [5, 5.41) is 0. The van der Waals surface area contributed by atoms with Gasteiger partial charge in [0.05, 0.1) is 5.56 Å². The smallest absolute Gasteiger partial charge is 0.330 e. The minimum atomic E-state index is -4.34. The molecule has 1 aromatic rings. The maximum atomic E-state index is 12.4. The van der Waals surface area contributed by atoms with E-state index < -0.39 is 11.7 Å². The quantitative estimate of drug-likeness (QED) is 0.828. The van der Waals surface area contributed by atoms with E-state index in [-0.39, 0.29) is 17.6 Å². The fourth-order valence-corrected chi connectivity index (χ4v) is 2.12. The number of rotatable bonds is 7. The number of hydrogen-bond acceptors (Lipinski definition) is 2. The molecule has 0 aliphatic heterocycles. The summed E-state index contributed by atoms with van der Waals surface area (Å²) >= 11 is 0. The number of Topliss-reactive ketones (excluding diaryl/α,β-unsaturated/α-hetero) is 1. The first-order chi connectivity index (χ1) is 9.64. The molecule has 5 heteroatoms. The topological polar surface area (TPSA) is 43.1 Å². The molecule has 0 aromatic heterocycles. The number of carbonyl (C=O) groups is 1. The largest absolute Gasteiger partial charge is 0.416 e. The summed E-state index contributed by atoms with van der Waals surface area (Å²) in [6, 6.07) is 4.76. The predicted molar refractivity (Wildman–Crippen MR) is 76.8 cm³/mol. The molecule has 0 aliphatic carbocycles. The van der Waals surface area contributed by atoms with Crippen molar-refractivity contribution in [3.8, 4) is 0 Å². The molecule has 0 aliphatic rings. The molecular weight excluding hydrogens is 279 g/mol. The van der Waals surface area contributed by atoms with Crippen LogP contribution in [0.3, 0.4) is 0 Å². The van der Waals surface area contributed by atoms with Crippen LogP contribution in [0.5, 0.6) is 0 Å². The molecule has 2 N–H and O–H groups in total. The third-order valence-corrected chi connectivity index (χ3v) is 3.58. The lowest BCUT2D eigenvalue weighted by molar-refractivity contribution is -0.137. The second kappa shape index (κ2) is 7.07. The molecule has 1 aromatic carbocycles. The molecule has 0 spiro atoms. The van der Waals surface area contributed by atoms with Crippen LogP contribution < -0.4 is 5.73 Å². The third-order valence-electron chi connectivity index (χ3n) is 3.58. The lowest BCUT2D eigenvalue weighted by atomic mass is 9.83. The molecule has 0 amide bonds. The van der Waals surface area contributed by atoms with Crippen LogP contribution in [0, 0.1) is 5.41 Å². The van der Waals surface area contributed by atoms with Gasteiger partial charge in [-0.3, -0.25) is 4.79 Å². The van der Waals surface area contributed by atoms with Gasteiger partial charge >= 0.3 is 6.18 Å². The van der Waals surface area contributed by atoms with Crippen LogP contribution in [-0.2, 0) is 17.4 Å². The molecule has 2 nitrogen and oxygen atoms in total. The summed E-state index contributed by atoms with van der Waals surface area (Å²) < 4.78 is 37.3. The fourth-order valence-electron chi connectivity index (χ4n) is 2.12. The summed E-state index contributed by atoms with van der Waals surface area (Å²) in [6.07, 6.45) is -2.15. The Morgan fingerprint density at radius 2 is 1.67 bits per heavy atom. The number of nitrogens with two attached hydrogens (primary N) is 1. The van der Waals surface area contributed by atoms with Gasteiger partial charge in [0.2, 0.25) is 0 Å². The van der Waals surface area contributed by atoms with Crippen molar-refractivity contribution in [1.82, 2.24) is 0 Å². The Labute approximate surface area is 123 Å². The third kappa shape index (κ3) is 6.29. The highest BCUT2D eigenvalue weighted by Gasteiger charge is 2.30. The molecule has 0 radical (unpaired) electrons. The zero-order chi connectivity index (χ0) is 16.1. The normalized spacial score (nSPS) is 12.5. The van der Waals surface area contributed by atoms with Crippen molar-refractivity contribution >= 4 is 5.78 Å². The molecule has 1 rings (SSSR count). The first-order valence-corrected chi connectivity index (χ1v) is 7.02. The summed E-state index contributed by atoms with van der Waals surface area (Å²) in [6.45, 7) is 4.70. The number of carbonyl (C=O) groups excluding carboxylic acids is 1. The summed E-state index contributed by atoms with van der Waals surface area (Å²) in [5.41, 5.74) is 5.46. The Balaban J connectivity index is 2.52.